The molecule has 74 valence electrons. The number of alkyl halides is 1. The molecular formula is C10H8BrFOS. The number of hydrogen-bond acceptors (Lipinski definition) is 2. The lowest BCUT2D eigenvalue weighted by molar-refractivity contribution is 0.283. The Kier molecular flexibility index (Phi) is 2.85. The lowest BCUT2D eigenvalue weighted by Gasteiger charge is -2.05. The highest BCUT2D eigenvalue weighted by Crippen LogP contribution is 2.31. The highest BCUT2D eigenvalue weighted by molar-refractivity contribution is 9.08. The topological polar surface area (TPSA) is 20.2 Å². The molecule has 0 aliphatic rings. The van der Waals surface area contributed by atoms with Crippen LogP contribution in [0, 0.1) is 5.82 Å². The van der Waals surface area contributed by atoms with Crippen LogP contribution in [0.5, 0.6) is 0 Å². The van der Waals surface area contributed by atoms with Crippen molar-refractivity contribution >= 4 is 37.4 Å². The fourth-order valence-corrected chi connectivity index (χ4v) is 3.19. The third kappa shape index (κ3) is 1.47. The van der Waals surface area contributed by atoms with E-state index in [1.807, 2.05) is 11.4 Å². The summed E-state index contributed by atoms with van der Waals surface area (Å²) < 4.78 is 14.4. The van der Waals surface area contributed by atoms with Crippen LogP contribution in [-0.4, -0.2) is 5.11 Å². The van der Waals surface area contributed by atoms with Gasteiger partial charge in [-0.15, -0.1) is 11.3 Å². The lowest BCUT2D eigenvalue weighted by atomic mass is 10.1. The summed E-state index contributed by atoms with van der Waals surface area (Å²) in [4.78, 5) is 0. The molecule has 0 aliphatic carbocycles. The van der Waals surface area contributed by atoms with Crippen LogP contribution in [0.15, 0.2) is 17.5 Å². The average Bonchev–Trinajstić information content (AvgIpc) is 2.65. The maximum atomic E-state index is 13.5. The molecule has 0 saturated carbocycles. The van der Waals surface area contributed by atoms with E-state index in [4.69, 9.17) is 5.11 Å². The van der Waals surface area contributed by atoms with Gasteiger partial charge in [0.1, 0.15) is 5.82 Å². The van der Waals surface area contributed by atoms with Crippen LogP contribution in [0.3, 0.4) is 0 Å². The molecule has 0 radical (unpaired) electrons. The Labute approximate surface area is 93.3 Å². The summed E-state index contributed by atoms with van der Waals surface area (Å²) in [5.41, 5.74) is 1.33. The Balaban J connectivity index is 2.81. The maximum Gasteiger partial charge on any atom is 0.129 e. The number of halogens is 2. The van der Waals surface area contributed by atoms with Gasteiger partial charge in [-0.2, -0.15) is 0 Å². The van der Waals surface area contributed by atoms with Gasteiger partial charge in [0.05, 0.1) is 6.61 Å². The summed E-state index contributed by atoms with van der Waals surface area (Å²) in [7, 11) is 0. The first-order chi connectivity index (χ1) is 6.77. The van der Waals surface area contributed by atoms with Gasteiger partial charge in [-0.1, -0.05) is 15.9 Å². The van der Waals surface area contributed by atoms with Gasteiger partial charge in [0, 0.05) is 15.6 Å². The van der Waals surface area contributed by atoms with Crippen molar-refractivity contribution < 1.29 is 9.50 Å². The zero-order valence-electron chi connectivity index (χ0n) is 7.26. The minimum absolute atomic E-state index is 0.118. The van der Waals surface area contributed by atoms with Gasteiger partial charge in [0.25, 0.3) is 0 Å². The first-order valence-electron chi connectivity index (χ1n) is 4.12. The first-order valence-corrected chi connectivity index (χ1v) is 6.12. The standard InChI is InChI=1S/C10H8BrFOS/c11-4-8-9(12)3-6(5-13)7-1-2-14-10(7)8/h1-3,13H,4-5H2. The molecule has 1 aromatic heterocycles. The van der Waals surface area contributed by atoms with Crippen molar-refractivity contribution in [1.82, 2.24) is 0 Å². The van der Waals surface area contributed by atoms with Gasteiger partial charge in [0.2, 0.25) is 0 Å². The molecule has 0 aliphatic heterocycles. The molecule has 4 heteroatoms. The van der Waals surface area contributed by atoms with Crippen molar-refractivity contribution in [3.63, 3.8) is 0 Å². The van der Waals surface area contributed by atoms with Crippen molar-refractivity contribution in [2.24, 2.45) is 0 Å². The maximum absolute atomic E-state index is 13.5. The van der Waals surface area contributed by atoms with E-state index in [1.165, 1.54) is 17.4 Å². The van der Waals surface area contributed by atoms with E-state index in [0.29, 0.717) is 16.5 Å². The summed E-state index contributed by atoms with van der Waals surface area (Å²) >= 11 is 4.77. The number of rotatable bonds is 2. The van der Waals surface area contributed by atoms with E-state index in [-0.39, 0.29) is 12.4 Å². The number of fused-ring (bicyclic) bond motifs is 1. The highest BCUT2D eigenvalue weighted by atomic mass is 79.9. The second-order valence-electron chi connectivity index (χ2n) is 2.95. The second-order valence-corrected chi connectivity index (χ2v) is 4.43. The molecule has 0 amide bonds. The Bertz CT molecular complexity index is 466. The van der Waals surface area contributed by atoms with E-state index < -0.39 is 0 Å². The molecule has 0 saturated heterocycles. The van der Waals surface area contributed by atoms with Crippen LogP contribution in [0.4, 0.5) is 4.39 Å². The normalized spacial score (nSPS) is 11.1. The molecule has 1 heterocycles. The minimum Gasteiger partial charge on any atom is -0.392 e. The fraction of sp³-hybridized carbons (Fsp3) is 0.200. The predicted octanol–water partition coefficient (Wildman–Crippen LogP) is 3.43. The van der Waals surface area contributed by atoms with Gasteiger partial charge in [0.15, 0.2) is 0 Å². The molecular weight excluding hydrogens is 267 g/mol. The van der Waals surface area contributed by atoms with Crippen molar-refractivity contribution in [3.05, 3.63) is 34.5 Å². The van der Waals surface area contributed by atoms with E-state index in [9.17, 15) is 4.39 Å². The van der Waals surface area contributed by atoms with Gasteiger partial charge in [-0.25, -0.2) is 4.39 Å². The van der Waals surface area contributed by atoms with E-state index in [1.54, 1.807) is 0 Å². The van der Waals surface area contributed by atoms with Crippen LogP contribution in [0.2, 0.25) is 0 Å². The third-order valence-electron chi connectivity index (χ3n) is 2.18. The molecule has 0 unspecified atom stereocenters. The average molecular weight is 275 g/mol. The Hall–Kier alpha value is -0.450. The number of hydrogen-bond donors (Lipinski definition) is 1. The van der Waals surface area contributed by atoms with E-state index in [2.05, 4.69) is 15.9 Å². The summed E-state index contributed by atoms with van der Waals surface area (Å²) in [5.74, 6) is -0.249. The molecule has 1 N–H and O–H groups in total. The van der Waals surface area contributed by atoms with Crippen LogP contribution in [0.1, 0.15) is 11.1 Å². The Morgan fingerprint density at radius 2 is 2.29 bits per heavy atom. The number of aliphatic hydroxyl groups excluding tert-OH is 1. The van der Waals surface area contributed by atoms with Gasteiger partial charge in [-0.3, -0.25) is 0 Å². The smallest absolute Gasteiger partial charge is 0.129 e. The number of aliphatic hydroxyl groups is 1. The summed E-state index contributed by atoms with van der Waals surface area (Å²) in [6, 6.07) is 3.32. The van der Waals surface area contributed by atoms with Crippen LogP contribution in [-0.2, 0) is 11.9 Å². The monoisotopic (exact) mass is 274 g/mol. The summed E-state index contributed by atoms with van der Waals surface area (Å²) in [6.07, 6.45) is 0. The Morgan fingerprint density at radius 1 is 1.50 bits per heavy atom. The fourth-order valence-electron chi connectivity index (χ4n) is 1.48. The molecule has 14 heavy (non-hydrogen) atoms. The van der Waals surface area contributed by atoms with Crippen molar-refractivity contribution in [3.8, 4) is 0 Å². The van der Waals surface area contributed by atoms with Crippen molar-refractivity contribution in [1.29, 1.82) is 0 Å². The number of benzene rings is 1. The summed E-state index contributed by atoms with van der Waals surface area (Å²) in [6.45, 7) is -0.118. The van der Waals surface area contributed by atoms with Crippen molar-refractivity contribution in [2.75, 3.05) is 0 Å². The minimum atomic E-state index is -0.249. The van der Waals surface area contributed by atoms with E-state index in [0.717, 1.165) is 10.1 Å². The predicted molar refractivity (Wildman–Crippen MR) is 60.3 cm³/mol. The number of thiophene rings is 1. The second kappa shape index (κ2) is 3.96. The largest absolute Gasteiger partial charge is 0.392 e. The SMILES string of the molecule is OCc1cc(F)c(CBr)c2sccc12. The molecule has 0 atom stereocenters. The quantitative estimate of drug-likeness (QED) is 0.832. The molecule has 1 aromatic carbocycles. The van der Waals surface area contributed by atoms with Crippen LogP contribution >= 0.6 is 27.3 Å². The van der Waals surface area contributed by atoms with Gasteiger partial charge >= 0.3 is 0 Å². The molecule has 2 rings (SSSR count). The first kappa shape index (κ1) is 10.1. The summed E-state index contributed by atoms with van der Waals surface area (Å²) in [5, 5.41) is 12.4. The molecule has 0 fully saturated rings. The lowest BCUT2D eigenvalue weighted by Crippen LogP contribution is -1.92. The van der Waals surface area contributed by atoms with Gasteiger partial charge < -0.3 is 5.11 Å². The van der Waals surface area contributed by atoms with Crippen molar-refractivity contribution in [2.45, 2.75) is 11.9 Å². The van der Waals surface area contributed by atoms with Crippen LogP contribution in [0.25, 0.3) is 10.1 Å². The molecule has 2 aromatic rings. The van der Waals surface area contributed by atoms with Crippen LogP contribution < -0.4 is 0 Å². The highest BCUT2D eigenvalue weighted by Gasteiger charge is 2.11. The zero-order valence-corrected chi connectivity index (χ0v) is 9.66. The molecule has 0 bridgehead atoms. The molecule has 1 nitrogen and oxygen atoms in total. The van der Waals surface area contributed by atoms with E-state index >= 15 is 0 Å². The Morgan fingerprint density at radius 3 is 2.93 bits per heavy atom. The molecule has 0 spiro atoms. The zero-order chi connectivity index (χ0) is 10.1. The third-order valence-corrected chi connectivity index (χ3v) is 3.71. The van der Waals surface area contributed by atoms with Gasteiger partial charge in [-0.05, 0) is 28.5 Å².